The summed E-state index contributed by atoms with van der Waals surface area (Å²) in [5.41, 5.74) is -10.9. The van der Waals surface area contributed by atoms with Gasteiger partial charge in [0.25, 0.3) is 11.8 Å². The van der Waals surface area contributed by atoms with Crippen molar-refractivity contribution in [1.29, 1.82) is 0 Å². The zero-order valence-corrected chi connectivity index (χ0v) is 49.1. The number of benzene rings is 2. The first-order valence-corrected chi connectivity index (χ1v) is 27.8. The minimum atomic E-state index is -6.09. The second-order valence-electron chi connectivity index (χ2n) is 18.4. The number of alkyl halides is 9. The van der Waals surface area contributed by atoms with E-state index in [-0.39, 0.29) is 89.1 Å². The Morgan fingerprint density at radius 2 is 0.740 bits per heavy atom. The molecule has 1 radical (unpaired) electrons. The van der Waals surface area contributed by atoms with E-state index in [9.17, 15) is 59.5 Å². The van der Waals surface area contributed by atoms with E-state index in [1.165, 1.54) is 0 Å². The smallest absolute Gasteiger partial charge is 0.741 e. The van der Waals surface area contributed by atoms with Crippen molar-refractivity contribution in [3.8, 4) is 0 Å². The molecular formula is C45H70F9N4O15S3Sm. The van der Waals surface area contributed by atoms with E-state index in [2.05, 4.69) is 90.3 Å². The van der Waals surface area contributed by atoms with Crippen molar-refractivity contribution >= 4 is 53.5 Å². The van der Waals surface area contributed by atoms with Crippen LogP contribution in [0.4, 0.5) is 50.9 Å². The third kappa shape index (κ3) is 26.4. The number of amides is 2. The Labute approximate surface area is 477 Å². The number of carbonyl (C=O) groups is 2. The Morgan fingerprint density at radius 3 is 0.909 bits per heavy atom. The Kier molecular flexibility index (Phi) is 34.3. The number of quaternary nitrogens is 2. The summed E-state index contributed by atoms with van der Waals surface area (Å²) in [5, 5.41) is 49.6. The maximum Gasteiger partial charge on any atom is 3.00 e. The van der Waals surface area contributed by atoms with Gasteiger partial charge in [0.15, 0.2) is 42.4 Å². The predicted octanol–water partition coefficient (Wildman–Crippen LogP) is 8.64. The number of hydroxylamine groups is 6. The van der Waals surface area contributed by atoms with Crippen molar-refractivity contribution in [3.05, 3.63) is 69.1 Å². The SMILES string of the molecule is CC(C)c1cccc(C(C)C)c1NC(=O)[C@@H]1CCC[N@@+]1([O-])CCCC[N@+]1([O-])CCC[C@H]1C(=O)Nc1c(C(C)C)cccc1C(C)C.CCO.CCO.O=S(=O)([O-])C(F)(F)F.O=S(=O)([O-])C(F)(F)F.O=S(=O)([O-])C(F)(F)F.[Sm+3]. The number of rotatable bonds is 13. The Morgan fingerprint density at radius 1 is 0.545 bits per heavy atom. The normalized spacial score (nSPS) is 19.7. The molecule has 0 saturated carbocycles. The van der Waals surface area contributed by atoms with Gasteiger partial charge in [-0.1, -0.05) is 91.8 Å². The fraction of sp³-hybridized carbons (Fsp3) is 0.689. The van der Waals surface area contributed by atoms with Crippen LogP contribution >= 0.6 is 0 Å². The van der Waals surface area contributed by atoms with Crippen molar-refractivity contribution in [2.75, 3.05) is 50.0 Å². The van der Waals surface area contributed by atoms with Crippen LogP contribution in [0.15, 0.2) is 36.4 Å². The molecule has 2 aliphatic rings. The van der Waals surface area contributed by atoms with Crippen molar-refractivity contribution in [2.24, 2.45) is 0 Å². The molecule has 0 bridgehead atoms. The number of likely N-dealkylation sites (tertiary alicyclic amines) is 2. The molecule has 4 atom stereocenters. The van der Waals surface area contributed by atoms with Gasteiger partial charge in [-0.15, -0.1) is 0 Å². The van der Waals surface area contributed by atoms with Crippen LogP contribution in [0.1, 0.15) is 154 Å². The van der Waals surface area contributed by atoms with Gasteiger partial charge < -0.3 is 54.2 Å². The number of hydrogen-bond donors (Lipinski definition) is 4. The molecule has 2 fully saturated rings. The standard InChI is InChI=1S/C38H58N4O4.2C2H6O.3CHF3O3S.Sm/c1-25(2)29-15-11-16-30(26(3)4)35(29)39-37(43)33-19-13-23-41(33,45)21-9-10-22-42(46)24-14-20-34(42)38(44)40-36-31(27(5)6)17-12-18-32(36)28(7)8;2*1-2-3;3*2-1(3,4)8(5,6)7;/h11-12,15-18,25-28,33-34H,9-10,13-14,19-24H2,1-8H3,(H,39,43)(H,40,44);2*3H,2H2,1H3;3*(H,5,6,7);/q;;;;;;+3/p-3/t33-,34-,41-,42-;;;;;;/m0....../s1. The van der Waals surface area contributed by atoms with Gasteiger partial charge in [0, 0.05) is 63.1 Å². The Hall–Kier alpha value is -2.42. The summed E-state index contributed by atoms with van der Waals surface area (Å²) in [4.78, 5) is 27.3. The van der Waals surface area contributed by atoms with E-state index in [0.717, 1.165) is 33.6 Å². The predicted molar refractivity (Wildman–Crippen MR) is 261 cm³/mol. The summed E-state index contributed by atoms with van der Waals surface area (Å²) >= 11 is 0. The number of nitrogens with zero attached hydrogens (tertiary/aromatic N) is 2. The van der Waals surface area contributed by atoms with Crippen LogP contribution < -0.4 is 10.6 Å². The van der Waals surface area contributed by atoms with Crippen LogP contribution in [0.2, 0.25) is 0 Å². The molecule has 0 aromatic heterocycles. The van der Waals surface area contributed by atoms with Crippen LogP contribution in [0.25, 0.3) is 0 Å². The van der Waals surface area contributed by atoms with Gasteiger partial charge in [0.2, 0.25) is 0 Å². The summed E-state index contributed by atoms with van der Waals surface area (Å²) < 4.78 is 176. The van der Waals surface area contributed by atoms with Gasteiger partial charge in [-0.2, -0.15) is 39.5 Å². The molecule has 0 unspecified atom stereocenters. The average molecular weight is 1320 g/mol. The van der Waals surface area contributed by atoms with Gasteiger partial charge >= 0.3 is 56.9 Å². The molecule has 0 aliphatic carbocycles. The molecule has 2 heterocycles. The fourth-order valence-electron chi connectivity index (χ4n) is 7.67. The molecule has 447 valence electrons. The summed E-state index contributed by atoms with van der Waals surface area (Å²) in [6.45, 7) is 22.2. The first kappa shape index (κ1) is 78.8. The monoisotopic (exact) mass is 1330 g/mol. The Bertz CT molecular complexity index is 2210. The molecule has 2 amide bonds. The van der Waals surface area contributed by atoms with E-state index in [1.54, 1.807) is 13.8 Å². The molecule has 77 heavy (non-hydrogen) atoms. The van der Waals surface area contributed by atoms with Crippen molar-refractivity contribution < 1.29 is 148 Å². The van der Waals surface area contributed by atoms with Crippen molar-refractivity contribution in [1.82, 2.24) is 0 Å². The number of halogens is 9. The number of anilines is 2. The van der Waals surface area contributed by atoms with E-state index < -0.39 is 68.3 Å². The van der Waals surface area contributed by atoms with Gasteiger partial charge in [-0.25, -0.2) is 25.3 Å². The van der Waals surface area contributed by atoms with Crippen LogP contribution in [0, 0.1) is 50.8 Å². The third-order valence-corrected chi connectivity index (χ3v) is 12.9. The largest absolute Gasteiger partial charge is 3.00 e. The second-order valence-corrected chi connectivity index (χ2v) is 22.5. The molecule has 2 aromatic rings. The number of aliphatic hydroxyl groups excluding tert-OH is 2. The molecule has 4 N–H and O–H groups in total. The first-order chi connectivity index (χ1) is 34.3. The third-order valence-electron chi connectivity index (χ3n) is 11.2. The minimum absolute atomic E-state index is 0. The van der Waals surface area contributed by atoms with Gasteiger partial charge in [-0.05, 0) is 59.8 Å². The summed E-state index contributed by atoms with van der Waals surface area (Å²) in [7, 11) is -18.3. The van der Waals surface area contributed by atoms with Crippen LogP contribution in [-0.2, 0) is 39.9 Å². The maximum atomic E-state index is 14.1. The van der Waals surface area contributed by atoms with Crippen molar-refractivity contribution in [2.45, 2.75) is 160 Å². The topological polar surface area (TPSA) is 316 Å². The van der Waals surface area contributed by atoms with E-state index in [1.807, 2.05) is 12.1 Å². The summed E-state index contributed by atoms with van der Waals surface area (Å²) in [6.07, 6.45) is 3.66. The minimum Gasteiger partial charge on any atom is -0.741 e. The average Bonchev–Trinajstić information content (AvgIpc) is 3.83. The summed E-state index contributed by atoms with van der Waals surface area (Å²) in [5.74, 6) is 0.563. The summed E-state index contributed by atoms with van der Waals surface area (Å²) in [6, 6.07) is 11.0. The number of hydrogen-bond acceptors (Lipinski definition) is 15. The van der Waals surface area contributed by atoms with E-state index in [0.29, 0.717) is 64.7 Å². The Balaban J connectivity index is -0.00000143. The van der Waals surface area contributed by atoms with Gasteiger partial charge in [-0.3, -0.25) is 9.59 Å². The molecule has 2 saturated heterocycles. The van der Waals surface area contributed by atoms with E-state index in [4.69, 9.17) is 49.1 Å². The number of unbranched alkanes of at least 4 members (excludes halogenated alkanes) is 1. The number of aliphatic hydroxyl groups is 2. The first-order valence-electron chi connectivity index (χ1n) is 23.6. The van der Waals surface area contributed by atoms with Crippen LogP contribution in [0.5, 0.6) is 0 Å². The molecule has 19 nitrogen and oxygen atoms in total. The quantitative estimate of drug-likeness (QED) is 0.0364. The molecule has 0 spiro atoms. The zero-order chi connectivity index (χ0) is 60.2. The molecular weight excluding hydrogens is 1250 g/mol. The fourth-order valence-corrected chi connectivity index (χ4v) is 7.67. The number of nitrogens with one attached hydrogen (secondary N) is 2. The van der Waals surface area contributed by atoms with Crippen LogP contribution in [0.3, 0.4) is 0 Å². The van der Waals surface area contributed by atoms with E-state index >= 15 is 0 Å². The zero-order valence-electron chi connectivity index (χ0n) is 44.0. The van der Waals surface area contributed by atoms with Gasteiger partial charge in [0.1, 0.15) is 0 Å². The molecule has 2 aliphatic heterocycles. The molecule has 4 rings (SSSR count). The number of para-hydroxylation sites is 2. The molecule has 2 aromatic carbocycles. The second kappa shape index (κ2) is 33.5. The van der Waals surface area contributed by atoms with Crippen LogP contribution in [-0.4, -0.2) is 138 Å². The number of carbonyl (C=O) groups excluding carboxylic acids is 2. The van der Waals surface area contributed by atoms with Crippen molar-refractivity contribution in [3.63, 3.8) is 0 Å². The van der Waals surface area contributed by atoms with Gasteiger partial charge in [0.05, 0.1) is 26.2 Å². The maximum absolute atomic E-state index is 14.1. The molecule has 32 heteroatoms.